The number of aromatic nitrogens is 1. The van der Waals surface area contributed by atoms with Gasteiger partial charge in [-0.2, -0.15) is 0 Å². The lowest BCUT2D eigenvalue weighted by atomic mass is 10.2. The Hall–Kier alpha value is -3.30. The predicted octanol–water partition coefficient (Wildman–Crippen LogP) is 4.95. The number of rotatable bonds is 10. The fourth-order valence-electron chi connectivity index (χ4n) is 3.79. The van der Waals surface area contributed by atoms with Gasteiger partial charge in [0.2, 0.25) is 0 Å². The number of aryl methyl sites for hydroxylation is 1. The Balaban J connectivity index is 1.44. The van der Waals surface area contributed by atoms with Gasteiger partial charge in [-0.05, 0) is 44.3 Å². The molecule has 1 unspecified atom stereocenters. The van der Waals surface area contributed by atoms with Gasteiger partial charge < -0.3 is 29.2 Å². The zero-order valence-corrected chi connectivity index (χ0v) is 21.3. The van der Waals surface area contributed by atoms with Crippen LogP contribution in [0.25, 0.3) is 0 Å². The molecule has 35 heavy (non-hydrogen) atoms. The number of hydrogen-bond donors (Lipinski definition) is 1. The average Bonchev–Trinajstić information content (AvgIpc) is 3.28. The number of ether oxygens (including phenoxy) is 4. The molecule has 186 valence electrons. The lowest BCUT2D eigenvalue weighted by Gasteiger charge is -2.24. The van der Waals surface area contributed by atoms with Gasteiger partial charge in [0.05, 0.1) is 12.8 Å². The van der Waals surface area contributed by atoms with Gasteiger partial charge in [0.15, 0.2) is 29.1 Å². The van der Waals surface area contributed by atoms with E-state index >= 15 is 0 Å². The van der Waals surface area contributed by atoms with Crippen molar-refractivity contribution in [2.45, 2.75) is 26.9 Å². The second-order valence-electron chi connectivity index (χ2n) is 8.03. The quantitative estimate of drug-likeness (QED) is 0.425. The highest BCUT2D eigenvalue weighted by Crippen LogP contribution is 2.38. The van der Waals surface area contributed by atoms with Crippen LogP contribution in [0.2, 0.25) is 0 Å². The number of likely N-dealkylation sites (N-methyl/N-ethyl adjacent to an activating group) is 1. The SMILES string of the molecule is CCN(CC)CCOc1cc(NC(=O)c2sc(C3COc4ccccc4O3)nc2C)ccc1OC. The molecule has 0 radical (unpaired) electrons. The van der Waals surface area contributed by atoms with E-state index in [4.69, 9.17) is 18.9 Å². The van der Waals surface area contributed by atoms with Crippen LogP contribution in [0.4, 0.5) is 5.69 Å². The third kappa shape index (κ3) is 5.86. The molecule has 0 fully saturated rings. The monoisotopic (exact) mass is 497 g/mol. The number of nitrogens with one attached hydrogen (secondary N) is 1. The van der Waals surface area contributed by atoms with Crippen LogP contribution in [0.15, 0.2) is 42.5 Å². The van der Waals surface area contributed by atoms with Gasteiger partial charge in [0.25, 0.3) is 5.91 Å². The minimum Gasteiger partial charge on any atom is -0.493 e. The van der Waals surface area contributed by atoms with E-state index in [2.05, 4.69) is 29.0 Å². The molecular weight excluding hydrogens is 466 g/mol. The number of carbonyl (C=O) groups excluding carboxylic acids is 1. The minimum absolute atomic E-state index is 0.234. The van der Waals surface area contributed by atoms with Crippen molar-refractivity contribution in [2.24, 2.45) is 0 Å². The van der Waals surface area contributed by atoms with E-state index in [1.54, 1.807) is 25.3 Å². The first kappa shape index (κ1) is 24.8. The highest BCUT2D eigenvalue weighted by atomic mass is 32.1. The summed E-state index contributed by atoms with van der Waals surface area (Å²) in [5.74, 6) is 2.36. The molecule has 2 heterocycles. The fraction of sp³-hybridized carbons (Fsp3) is 0.385. The summed E-state index contributed by atoms with van der Waals surface area (Å²) in [6.07, 6.45) is -0.359. The van der Waals surface area contributed by atoms with Crippen LogP contribution >= 0.6 is 11.3 Å². The van der Waals surface area contributed by atoms with Gasteiger partial charge in [0.1, 0.15) is 23.1 Å². The fourth-order valence-corrected chi connectivity index (χ4v) is 4.76. The molecule has 4 rings (SSSR count). The summed E-state index contributed by atoms with van der Waals surface area (Å²) in [7, 11) is 1.60. The number of nitrogens with zero attached hydrogens (tertiary/aromatic N) is 2. The number of hydrogen-bond acceptors (Lipinski definition) is 8. The summed E-state index contributed by atoms with van der Waals surface area (Å²) in [5.41, 5.74) is 1.27. The zero-order valence-electron chi connectivity index (χ0n) is 20.5. The van der Waals surface area contributed by atoms with Crippen LogP contribution in [0.1, 0.15) is 40.3 Å². The van der Waals surface area contributed by atoms with E-state index < -0.39 is 0 Å². The third-order valence-electron chi connectivity index (χ3n) is 5.78. The van der Waals surface area contributed by atoms with Gasteiger partial charge in [-0.15, -0.1) is 11.3 Å². The van der Waals surface area contributed by atoms with Crippen molar-refractivity contribution in [3.63, 3.8) is 0 Å². The van der Waals surface area contributed by atoms with E-state index in [0.29, 0.717) is 57.5 Å². The maximum atomic E-state index is 13.1. The predicted molar refractivity (Wildman–Crippen MR) is 136 cm³/mol. The summed E-state index contributed by atoms with van der Waals surface area (Å²) >= 11 is 1.31. The number of benzene rings is 2. The molecule has 1 amide bonds. The second-order valence-corrected chi connectivity index (χ2v) is 9.06. The lowest BCUT2D eigenvalue weighted by molar-refractivity contribution is 0.0910. The van der Waals surface area contributed by atoms with Crippen LogP contribution in [-0.2, 0) is 0 Å². The zero-order chi connectivity index (χ0) is 24.8. The Morgan fingerprint density at radius 2 is 1.94 bits per heavy atom. The number of thiazole rings is 1. The van der Waals surface area contributed by atoms with Crippen LogP contribution in [-0.4, -0.2) is 55.7 Å². The van der Waals surface area contributed by atoms with Crippen molar-refractivity contribution in [3.05, 3.63) is 58.0 Å². The van der Waals surface area contributed by atoms with E-state index in [0.717, 1.165) is 19.6 Å². The Kier molecular flexibility index (Phi) is 8.09. The van der Waals surface area contributed by atoms with Crippen LogP contribution < -0.4 is 24.3 Å². The molecule has 2 aromatic carbocycles. The number of amides is 1. The Morgan fingerprint density at radius 3 is 2.69 bits per heavy atom. The molecule has 0 bridgehead atoms. The maximum absolute atomic E-state index is 13.1. The third-order valence-corrected chi connectivity index (χ3v) is 7.03. The summed E-state index contributed by atoms with van der Waals surface area (Å²) in [6, 6.07) is 12.9. The molecule has 0 saturated heterocycles. The normalized spacial score (nSPS) is 14.6. The molecule has 1 aliphatic heterocycles. The highest BCUT2D eigenvalue weighted by Gasteiger charge is 2.27. The standard InChI is InChI=1S/C26H31N3O5S/c1-5-29(6-2)13-14-32-22-15-18(11-12-19(22)31-4)28-25(30)24-17(3)27-26(35-24)23-16-33-20-9-7-8-10-21(20)34-23/h7-12,15,23H,5-6,13-14,16H2,1-4H3,(H,28,30). The van der Waals surface area contributed by atoms with Gasteiger partial charge in [-0.25, -0.2) is 4.98 Å². The second kappa shape index (κ2) is 11.4. The molecule has 1 atom stereocenters. The summed E-state index contributed by atoms with van der Waals surface area (Å²) in [5, 5.41) is 3.66. The number of para-hydroxylation sites is 2. The number of methoxy groups -OCH3 is 1. The maximum Gasteiger partial charge on any atom is 0.267 e. The van der Waals surface area contributed by atoms with Crippen molar-refractivity contribution < 1.29 is 23.7 Å². The number of anilines is 1. The van der Waals surface area contributed by atoms with E-state index in [1.165, 1.54) is 11.3 Å². The molecule has 1 N–H and O–H groups in total. The van der Waals surface area contributed by atoms with Crippen molar-refractivity contribution in [3.8, 4) is 23.0 Å². The molecule has 0 aliphatic carbocycles. The smallest absolute Gasteiger partial charge is 0.267 e. The first-order valence-electron chi connectivity index (χ1n) is 11.7. The molecular formula is C26H31N3O5S. The van der Waals surface area contributed by atoms with Crippen LogP contribution in [0.5, 0.6) is 23.0 Å². The number of fused-ring (bicyclic) bond motifs is 1. The van der Waals surface area contributed by atoms with Crippen LogP contribution in [0, 0.1) is 6.92 Å². The number of carbonyl (C=O) groups is 1. The summed E-state index contributed by atoms with van der Waals surface area (Å²) < 4.78 is 23.3. The van der Waals surface area contributed by atoms with Gasteiger partial charge in [-0.1, -0.05) is 26.0 Å². The summed E-state index contributed by atoms with van der Waals surface area (Å²) in [6.45, 7) is 9.69. The highest BCUT2D eigenvalue weighted by molar-refractivity contribution is 7.14. The minimum atomic E-state index is -0.359. The Bertz CT molecular complexity index is 1160. The molecule has 1 aromatic heterocycles. The molecule has 0 spiro atoms. The largest absolute Gasteiger partial charge is 0.493 e. The van der Waals surface area contributed by atoms with Crippen molar-refractivity contribution in [1.82, 2.24) is 9.88 Å². The molecule has 8 nitrogen and oxygen atoms in total. The van der Waals surface area contributed by atoms with Crippen molar-refractivity contribution >= 4 is 22.9 Å². The molecule has 0 saturated carbocycles. The van der Waals surface area contributed by atoms with E-state index in [1.807, 2.05) is 31.2 Å². The van der Waals surface area contributed by atoms with Gasteiger partial charge in [0, 0.05) is 18.3 Å². The van der Waals surface area contributed by atoms with Crippen molar-refractivity contribution in [2.75, 3.05) is 45.3 Å². The topological polar surface area (TPSA) is 82.2 Å². The Labute approximate surface area is 209 Å². The van der Waals surface area contributed by atoms with Crippen molar-refractivity contribution in [1.29, 1.82) is 0 Å². The first-order valence-corrected chi connectivity index (χ1v) is 12.5. The molecule has 1 aliphatic rings. The average molecular weight is 498 g/mol. The Morgan fingerprint density at radius 1 is 1.17 bits per heavy atom. The summed E-state index contributed by atoms with van der Waals surface area (Å²) in [4.78, 5) is 20.5. The molecule has 3 aromatic rings. The lowest BCUT2D eigenvalue weighted by Crippen LogP contribution is -2.28. The first-order chi connectivity index (χ1) is 17.0. The van der Waals surface area contributed by atoms with E-state index in [9.17, 15) is 4.79 Å². The molecule has 9 heteroatoms. The van der Waals surface area contributed by atoms with Gasteiger partial charge in [-0.3, -0.25) is 4.79 Å². The van der Waals surface area contributed by atoms with E-state index in [-0.39, 0.29) is 12.0 Å². The van der Waals surface area contributed by atoms with Gasteiger partial charge >= 0.3 is 0 Å². The van der Waals surface area contributed by atoms with Crippen LogP contribution in [0.3, 0.4) is 0 Å².